The van der Waals surface area contributed by atoms with Crippen molar-refractivity contribution in [3.05, 3.63) is 41.3 Å². The number of hydrogen-bond donors (Lipinski definition) is 1. The maximum Gasteiger partial charge on any atom is 0.146 e. The predicted octanol–water partition coefficient (Wildman–Crippen LogP) is 4.62. The van der Waals surface area contributed by atoms with Crippen molar-refractivity contribution in [2.24, 2.45) is 0 Å². The highest BCUT2D eigenvalue weighted by Crippen LogP contribution is 2.42. The summed E-state index contributed by atoms with van der Waals surface area (Å²) in [6, 6.07) is 6.70. The molecule has 3 aromatic rings. The first-order chi connectivity index (χ1) is 11.9. The van der Waals surface area contributed by atoms with Gasteiger partial charge in [-0.1, -0.05) is 18.2 Å². The van der Waals surface area contributed by atoms with Crippen molar-refractivity contribution in [1.29, 1.82) is 0 Å². The van der Waals surface area contributed by atoms with Crippen LogP contribution in [0.15, 0.2) is 24.5 Å². The minimum absolute atomic E-state index is 0.0732. The summed E-state index contributed by atoms with van der Waals surface area (Å²) in [7, 11) is 0. The summed E-state index contributed by atoms with van der Waals surface area (Å²) >= 11 is 0. The number of fused-ring (bicyclic) bond motifs is 2. The van der Waals surface area contributed by atoms with E-state index in [9.17, 15) is 0 Å². The summed E-state index contributed by atoms with van der Waals surface area (Å²) in [5.74, 6) is 0.569. The summed E-state index contributed by atoms with van der Waals surface area (Å²) in [5, 5.41) is 0.994. The van der Waals surface area contributed by atoms with Crippen molar-refractivity contribution in [2.75, 3.05) is 5.73 Å². The van der Waals surface area contributed by atoms with Gasteiger partial charge in [-0.15, -0.1) is 0 Å². The van der Waals surface area contributed by atoms with Gasteiger partial charge >= 0.3 is 0 Å². The quantitative estimate of drug-likeness (QED) is 0.706. The third kappa shape index (κ3) is 2.43. The van der Waals surface area contributed by atoms with Gasteiger partial charge in [-0.3, -0.25) is 0 Å². The van der Waals surface area contributed by atoms with Gasteiger partial charge in [0.15, 0.2) is 0 Å². The van der Waals surface area contributed by atoms with Crippen LogP contribution in [-0.4, -0.2) is 14.5 Å². The van der Waals surface area contributed by atoms with Crippen LogP contribution in [0.4, 0.5) is 5.82 Å². The van der Waals surface area contributed by atoms with Crippen LogP contribution in [0.1, 0.15) is 50.4 Å². The third-order valence-corrected chi connectivity index (χ3v) is 5.35. The molecule has 0 radical (unpaired) electrons. The second kappa shape index (κ2) is 5.58. The number of aromatic nitrogens is 3. The summed E-state index contributed by atoms with van der Waals surface area (Å²) in [4.78, 5) is 8.89. The van der Waals surface area contributed by atoms with Crippen LogP contribution in [0.5, 0.6) is 0 Å². The monoisotopic (exact) mass is 334 g/mol. The molecule has 4 heteroatoms. The normalized spacial score (nSPS) is 14.7. The van der Waals surface area contributed by atoms with E-state index in [1.54, 1.807) is 6.33 Å². The Balaban J connectivity index is 2.12. The maximum absolute atomic E-state index is 6.33. The molecule has 0 spiro atoms. The SMILES string of the molecule is Cc1c(-c2cccc3c2CCCC3)c2c(N)ncnc2n1C(C)(C)C. The molecule has 2 N–H and O–H groups in total. The molecule has 4 nitrogen and oxygen atoms in total. The lowest BCUT2D eigenvalue weighted by molar-refractivity contribution is 0.401. The van der Waals surface area contributed by atoms with E-state index in [2.05, 4.69) is 60.4 Å². The zero-order valence-corrected chi connectivity index (χ0v) is 15.6. The smallest absolute Gasteiger partial charge is 0.146 e. The molecule has 2 aromatic heterocycles. The highest BCUT2D eigenvalue weighted by molar-refractivity contribution is 6.03. The van der Waals surface area contributed by atoms with Gasteiger partial charge in [-0.2, -0.15) is 0 Å². The molecule has 1 aliphatic carbocycles. The van der Waals surface area contributed by atoms with Crippen LogP contribution in [-0.2, 0) is 18.4 Å². The number of nitrogen functional groups attached to an aromatic ring is 1. The minimum atomic E-state index is -0.0732. The molecule has 0 bridgehead atoms. The molecule has 25 heavy (non-hydrogen) atoms. The number of hydrogen-bond acceptors (Lipinski definition) is 3. The van der Waals surface area contributed by atoms with E-state index in [0.717, 1.165) is 17.5 Å². The number of anilines is 1. The van der Waals surface area contributed by atoms with E-state index >= 15 is 0 Å². The maximum atomic E-state index is 6.33. The summed E-state index contributed by atoms with van der Waals surface area (Å²) in [5.41, 5.74) is 13.9. The van der Waals surface area contributed by atoms with Crippen LogP contribution < -0.4 is 5.73 Å². The number of nitrogens with zero attached hydrogens (tertiary/aromatic N) is 3. The topological polar surface area (TPSA) is 56.7 Å². The Bertz CT molecular complexity index is 960. The van der Waals surface area contributed by atoms with E-state index in [1.165, 1.54) is 47.2 Å². The van der Waals surface area contributed by atoms with Crippen molar-refractivity contribution in [2.45, 2.75) is 58.9 Å². The second-order valence-electron chi connectivity index (χ2n) is 8.07. The van der Waals surface area contributed by atoms with E-state index in [1.807, 2.05) is 0 Å². The van der Waals surface area contributed by atoms with Crippen LogP contribution in [0.3, 0.4) is 0 Å². The molecular weight excluding hydrogens is 308 g/mol. The first kappa shape index (κ1) is 16.1. The molecule has 2 heterocycles. The Labute approximate surface area is 149 Å². The lowest BCUT2D eigenvalue weighted by Crippen LogP contribution is -2.23. The van der Waals surface area contributed by atoms with Gasteiger partial charge in [-0.05, 0) is 70.1 Å². The van der Waals surface area contributed by atoms with Gasteiger partial charge in [0, 0.05) is 16.8 Å². The average Bonchev–Trinajstić information content (AvgIpc) is 2.87. The first-order valence-electron chi connectivity index (χ1n) is 9.12. The Morgan fingerprint density at radius 1 is 1.08 bits per heavy atom. The van der Waals surface area contributed by atoms with E-state index in [-0.39, 0.29) is 5.54 Å². The van der Waals surface area contributed by atoms with Gasteiger partial charge in [0.1, 0.15) is 17.8 Å². The van der Waals surface area contributed by atoms with Gasteiger partial charge in [0.2, 0.25) is 0 Å². The fourth-order valence-corrected chi connectivity index (χ4v) is 4.42. The molecule has 0 atom stereocenters. The molecule has 130 valence electrons. The van der Waals surface area contributed by atoms with Gasteiger partial charge in [0.25, 0.3) is 0 Å². The molecule has 0 amide bonds. The zero-order valence-electron chi connectivity index (χ0n) is 15.6. The lowest BCUT2D eigenvalue weighted by atomic mass is 9.85. The average molecular weight is 334 g/mol. The summed E-state index contributed by atoms with van der Waals surface area (Å²) < 4.78 is 2.30. The lowest BCUT2D eigenvalue weighted by Gasteiger charge is -2.25. The van der Waals surface area contributed by atoms with Gasteiger partial charge in [-0.25, -0.2) is 9.97 Å². The summed E-state index contributed by atoms with van der Waals surface area (Å²) in [6.07, 6.45) is 6.42. The standard InChI is InChI=1S/C21H26N4/c1-13-17(16-11-7-9-14-8-5-6-10-15(14)16)18-19(22)23-12-24-20(18)25(13)21(2,3)4/h7,9,11-12H,5-6,8,10H2,1-4H3,(H2,22,23,24). The molecule has 1 aliphatic rings. The van der Waals surface area contributed by atoms with Crippen LogP contribution in [0, 0.1) is 6.92 Å². The van der Waals surface area contributed by atoms with Gasteiger partial charge in [0.05, 0.1) is 5.39 Å². The first-order valence-corrected chi connectivity index (χ1v) is 9.12. The van der Waals surface area contributed by atoms with Gasteiger partial charge < -0.3 is 10.3 Å². The zero-order chi connectivity index (χ0) is 17.8. The van der Waals surface area contributed by atoms with Crippen molar-refractivity contribution < 1.29 is 0 Å². The fraction of sp³-hybridized carbons (Fsp3) is 0.429. The number of aryl methyl sites for hydroxylation is 1. The minimum Gasteiger partial charge on any atom is -0.383 e. The van der Waals surface area contributed by atoms with E-state index in [4.69, 9.17) is 5.73 Å². The largest absolute Gasteiger partial charge is 0.383 e. The molecule has 4 rings (SSSR count). The Morgan fingerprint density at radius 3 is 2.60 bits per heavy atom. The van der Waals surface area contributed by atoms with E-state index < -0.39 is 0 Å². The van der Waals surface area contributed by atoms with Crippen molar-refractivity contribution in [1.82, 2.24) is 14.5 Å². The number of benzene rings is 1. The highest BCUT2D eigenvalue weighted by atomic mass is 15.1. The summed E-state index contributed by atoms with van der Waals surface area (Å²) in [6.45, 7) is 8.82. The van der Waals surface area contributed by atoms with E-state index in [0.29, 0.717) is 5.82 Å². The Kier molecular flexibility index (Phi) is 3.60. The molecule has 0 unspecified atom stereocenters. The number of nitrogens with two attached hydrogens (primary N) is 1. The Hall–Kier alpha value is -2.36. The highest BCUT2D eigenvalue weighted by Gasteiger charge is 2.27. The second-order valence-corrected chi connectivity index (χ2v) is 8.07. The van der Waals surface area contributed by atoms with Crippen molar-refractivity contribution in [3.8, 4) is 11.1 Å². The van der Waals surface area contributed by atoms with Crippen LogP contribution in [0.25, 0.3) is 22.2 Å². The molecule has 1 aromatic carbocycles. The van der Waals surface area contributed by atoms with Crippen LogP contribution in [0.2, 0.25) is 0 Å². The fourth-order valence-electron chi connectivity index (χ4n) is 4.42. The molecular formula is C21H26N4. The molecule has 0 fully saturated rings. The number of rotatable bonds is 1. The van der Waals surface area contributed by atoms with Crippen LogP contribution >= 0.6 is 0 Å². The molecule has 0 saturated heterocycles. The molecule has 0 aliphatic heterocycles. The van der Waals surface area contributed by atoms with Crippen molar-refractivity contribution >= 4 is 16.9 Å². The predicted molar refractivity (Wildman–Crippen MR) is 104 cm³/mol. The third-order valence-electron chi connectivity index (χ3n) is 5.35. The molecule has 0 saturated carbocycles. The Morgan fingerprint density at radius 2 is 1.84 bits per heavy atom. The van der Waals surface area contributed by atoms with Crippen molar-refractivity contribution in [3.63, 3.8) is 0 Å².